The van der Waals surface area contributed by atoms with Crippen LogP contribution < -0.4 is 10.6 Å². The Balaban J connectivity index is 1.72. The number of carbonyl (C=O) groups excluding carboxylic acids is 1. The van der Waals surface area contributed by atoms with Gasteiger partial charge in [-0.05, 0) is 49.2 Å². The maximum atomic E-state index is 13.2. The van der Waals surface area contributed by atoms with Crippen LogP contribution in [0, 0.1) is 25.5 Å². The van der Waals surface area contributed by atoms with Crippen LogP contribution in [0.4, 0.5) is 26.0 Å². The molecule has 2 N–H and O–H groups in total. The Morgan fingerprint density at radius 2 is 1.65 bits per heavy atom. The number of benzene rings is 2. The summed E-state index contributed by atoms with van der Waals surface area (Å²) in [6.07, 6.45) is 0. The highest BCUT2D eigenvalue weighted by Crippen LogP contribution is 2.23. The molecule has 0 spiro atoms. The van der Waals surface area contributed by atoms with Crippen molar-refractivity contribution in [3.05, 3.63) is 77.0 Å². The molecule has 0 saturated carbocycles. The first-order valence-electron chi connectivity index (χ1n) is 7.87. The molecular formula is C19H16F2N4O. The lowest BCUT2D eigenvalue weighted by molar-refractivity contribution is 0.102. The average Bonchev–Trinajstić information content (AvgIpc) is 2.62. The van der Waals surface area contributed by atoms with Crippen LogP contribution in [0.1, 0.15) is 21.6 Å². The standard InChI is InChI=1S/C19H16F2N4O/c1-11-4-3-5-12(2)18(11)23-17-9-8-16(24-25-17)19(26)22-13-6-7-14(20)15(21)10-13/h3-10H,1-2H3,(H,22,26)(H,23,25). The summed E-state index contributed by atoms with van der Waals surface area (Å²) in [6, 6.07) is 12.1. The van der Waals surface area contributed by atoms with Crippen molar-refractivity contribution in [2.45, 2.75) is 13.8 Å². The van der Waals surface area contributed by atoms with Crippen LogP contribution in [0.25, 0.3) is 0 Å². The molecule has 0 radical (unpaired) electrons. The second-order valence-corrected chi connectivity index (χ2v) is 5.78. The van der Waals surface area contributed by atoms with E-state index in [4.69, 9.17) is 0 Å². The van der Waals surface area contributed by atoms with E-state index in [1.165, 1.54) is 12.1 Å². The fourth-order valence-electron chi connectivity index (χ4n) is 2.43. The molecule has 26 heavy (non-hydrogen) atoms. The first kappa shape index (κ1) is 17.5. The molecule has 0 aliphatic heterocycles. The van der Waals surface area contributed by atoms with E-state index in [9.17, 15) is 13.6 Å². The van der Waals surface area contributed by atoms with E-state index in [-0.39, 0.29) is 11.4 Å². The SMILES string of the molecule is Cc1cccc(C)c1Nc1ccc(C(=O)Nc2ccc(F)c(F)c2)nn1. The quantitative estimate of drug-likeness (QED) is 0.730. The Labute approximate surface area is 149 Å². The average molecular weight is 354 g/mol. The van der Waals surface area contributed by atoms with Crippen molar-refractivity contribution < 1.29 is 13.6 Å². The molecule has 7 heteroatoms. The van der Waals surface area contributed by atoms with Crippen LogP contribution in [0.5, 0.6) is 0 Å². The van der Waals surface area contributed by atoms with Gasteiger partial charge in [-0.3, -0.25) is 4.79 Å². The molecule has 0 aliphatic rings. The van der Waals surface area contributed by atoms with E-state index in [2.05, 4.69) is 20.8 Å². The molecule has 1 heterocycles. The van der Waals surface area contributed by atoms with Gasteiger partial charge in [0.25, 0.3) is 5.91 Å². The van der Waals surface area contributed by atoms with Gasteiger partial charge in [-0.25, -0.2) is 8.78 Å². The van der Waals surface area contributed by atoms with Gasteiger partial charge in [-0.1, -0.05) is 18.2 Å². The zero-order valence-corrected chi connectivity index (χ0v) is 14.2. The maximum absolute atomic E-state index is 13.2. The minimum atomic E-state index is -1.04. The number of nitrogens with zero attached hydrogens (tertiary/aromatic N) is 2. The number of aryl methyl sites for hydroxylation is 2. The number of hydrogen-bond donors (Lipinski definition) is 2. The summed E-state index contributed by atoms with van der Waals surface area (Å²) < 4.78 is 26.1. The van der Waals surface area contributed by atoms with Gasteiger partial charge in [-0.2, -0.15) is 0 Å². The molecule has 2 aromatic carbocycles. The van der Waals surface area contributed by atoms with Gasteiger partial charge in [0.15, 0.2) is 23.1 Å². The molecule has 3 aromatic rings. The Morgan fingerprint density at radius 1 is 0.923 bits per heavy atom. The van der Waals surface area contributed by atoms with Gasteiger partial charge in [-0.15, -0.1) is 10.2 Å². The minimum Gasteiger partial charge on any atom is -0.338 e. The van der Waals surface area contributed by atoms with E-state index in [1.807, 2.05) is 32.0 Å². The highest BCUT2D eigenvalue weighted by atomic mass is 19.2. The molecule has 1 amide bonds. The fourth-order valence-corrected chi connectivity index (χ4v) is 2.43. The first-order chi connectivity index (χ1) is 12.4. The second-order valence-electron chi connectivity index (χ2n) is 5.78. The van der Waals surface area contributed by atoms with Crippen LogP contribution in [0.15, 0.2) is 48.5 Å². The summed E-state index contributed by atoms with van der Waals surface area (Å²) in [7, 11) is 0. The predicted octanol–water partition coefficient (Wildman–Crippen LogP) is 4.37. The summed E-state index contributed by atoms with van der Waals surface area (Å²) in [5.74, 6) is -2.10. The van der Waals surface area contributed by atoms with Crippen molar-refractivity contribution in [1.29, 1.82) is 0 Å². The van der Waals surface area contributed by atoms with Gasteiger partial charge >= 0.3 is 0 Å². The Morgan fingerprint density at radius 3 is 2.27 bits per heavy atom. The van der Waals surface area contributed by atoms with E-state index >= 15 is 0 Å². The molecule has 0 fully saturated rings. The number of hydrogen-bond acceptors (Lipinski definition) is 4. The summed E-state index contributed by atoms with van der Waals surface area (Å²) >= 11 is 0. The predicted molar refractivity (Wildman–Crippen MR) is 95.5 cm³/mol. The molecule has 0 bridgehead atoms. The van der Waals surface area contributed by atoms with E-state index in [0.29, 0.717) is 5.82 Å². The summed E-state index contributed by atoms with van der Waals surface area (Å²) in [5.41, 5.74) is 3.25. The number of amides is 1. The summed E-state index contributed by atoms with van der Waals surface area (Å²) in [6.45, 7) is 3.96. The van der Waals surface area contributed by atoms with E-state index in [0.717, 1.165) is 28.9 Å². The normalized spacial score (nSPS) is 10.5. The molecular weight excluding hydrogens is 338 g/mol. The first-order valence-corrected chi connectivity index (χ1v) is 7.87. The largest absolute Gasteiger partial charge is 0.338 e. The molecule has 0 atom stereocenters. The fraction of sp³-hybridized carbons (Fsp3) is 0.105. The Bertz CT molecular complexity index is 938. The van der Waals surface area contributed by atoms with E-state index in [1.54, 1.807) is 6.07 Å². The lowest BCUT2D eigenvalue weighted by Crippen LogP contribution is -2.15. The lowest BCUT2D eigenvalue weighted by Gasteiger charge is -2.11. The summed E-state index contributed by atoms with van der Waals surface area (Å²) in [5, 5.41) is 13.5. The third-order valence-corrected chi connectivity index (χ3v) is 3.81. The van der Waals surface area contributed by atoms with Crippen LogP contribution in [0.2, 0.25) is 0 Å². The van der Waals surface area contributed by atoms with Crippen LogP contribution in [0.3, 0.4) is 0 Å². The third-order valence-electron chi connectivity index (χ3n) is 3.81. The molecule has 3 rings (SSSR count). The highest BCUT2D eigenvalue weighted by Gasteiger charge is 2.11. The smallest absolute Gasteiger partial charge is 0.276 e. The number of halogens is 2. The molecule has 0 unspecified atom stereocenters. The van der Waals surface area contributed by atoms with Crippen LogP contribution >= 0.6 is 0 Å². The topological polar surface area (TPSA) is 66.9 Å². The third kappa shape index (κ3) is 3.83. The zero-order chi connectivity index (χ0) is 18.7. The molecule has 1 aromatic heterocycles. The van der Waals surface area contributed by atoms with Crippen LogP contribution in [-0.4, -0.2) is 16.1 Å². The lowest BCUT2D eigenvalue weighted by atomic mass is 10.1. The van der Waals surface area contributed by atoms with Gasteiger partial charge in [0.2, 0.25) is 0 Å². The molecule has 0 aliphatic carbocycles. The number of para-hydroxylation sites is 1. The zero-order valence-electron chi connectivity index (χ0n) is 14.2. The van der Waals surface area contributed by atoms with Crippen LogP contribution in [-0.2, 0) is 0 Å². The van der Waals surface area contributed by atoms with E-state index < -0.39 is 17.5 Å². The minimum absolute atomic E-state index is 0.0572. The summed E-state index contributed by atoms with van der Waals surface area (Å²) in [4.78, 5) is 12.1. The van der Waals surface area contributed by atoms with Crippen molar-refractivity contribution in [2.75, 3.05) is 10.6 Å². The van der Waals surface area contributed by atoms with Crippen molar-refractivity contribution >= 4 is 23.1 Å². The highest BCUT2D eigenvalue weighted by molar-refractivity contribution is 6.02. The maximum Gasteiger partial charge on any atom is 0.276 e. The van der Waals surface area contributed by atoms with Gasteiger partial charge in [0.05, 0.1) is 0 Å². The number of nitrogens with one attached hydrogen (secondary N) is 2. The monoisotopic (exact) mass is 354 g/mol. The van der Waals surface area contributed by atoms with Crippen molar-refractivity contribution in [3.63, 3.8) is 0 Å². The number of aromatic nitrogens is 2. The van der Waals surface area contributed by atoms with Crippen molar-refractivity contribution in [2.24, 2.45) is 0 Å². The molecule has 132 valence electrons. The molecule has 5 nitrogen and oxygen atoms in total. The number of anilines is 3. The second kappa shape index (κ2) is 7.26. The van der Waals surface area contributed by atoms with Gasteiger partial charge in [0.1, 0.15) is 0 Å². The molecule has 0 saturated heterocycles. The van der Waals surface area contributed by atoms with Gasteiger partial charge in [0, 0.05) is 17.4 Å². The Hall–Kier alpha value is -3.35. The Kier molecular flexibility index (Phi) is 4.88. The van der Waals surface area contributed by atoms with Crippen molar-refractivity contribution in [3.8, 4) is 0 Å². The number of rotatable bonds is 4. The van der Waals surface area contributed by atoms with Crippen molar-refractivity contribution in [1.82, 2.24) is 10.2 Å². The number of carbonyl (C=O) groups is 1. The van der Waals surface area contributed by atoms with Gasteiger partial charge < -0.3 is 10.6 Å².